The fraction of sp³-hybridized carbons (Fsp3) is 0.400. The third-order valence-corrected chi connectivity index (χ3v) is 4.95. The average molecular weight is 289 g/mol. The average Bonchev–Trinajstić information content (AvgIpc) is 2.79. The lowest BCUT2D eigenvalue weighted by atomic mass is 10.1. The van der Waals surface area contributed by atoms with Crippen LogP contribution in [0.15, 0.2) is 24.4 Å². The standard InChI is InChI=1S/C15H19N3OS/c1-15(2)9-18(5-6-20-15)14(19)12-8-17-13-7-10(16)3-4-11(12)13/h3-4,7-8,17H,5-6,9,16H2,1-2H3. The van der Waals surface area contributed by atoms with E-state index in [1.54, 1.807) is 6.20 Å². The van der Waals surface area contributed by atoms with Crippen molar-refractivity contribution in [3.05, 3.63) is 30.0 Å². The Kier molecular flexibility index (Phi) is 3.17. The zero-order valence-electron chi connectivity index (χ0n) is 11.8. The van der Waals surface area contributed by atoms with Gasteiger partial charge in [-0.3, -0.25) is 4.79 Å². The summed E-state index contributed by atoms with van der Waals surface area (Å²) in [6.45, 7) is 5.98. The number of thioether (sulfide) groups is 1. The number of rotatable bonds is 1. The van der Waals surface area contributed by atoms with Gasteiger partial charge in [0.05, 0.1) is 5.56 Å². The molecule has 5 heteroatoms. The summed E-state index contributed by atoms with van der Waals surface area (Å²) >= 11 is 1.93. The Bertz CT molecular complexity index is 662. The number of carbonyl (C=O) groups excluding carboxylic acids is 1. The highest BCUT2D eigenvalue weighted by molar-refractivity contribution is 8.00. The summed E-state index contributed by atoms with van der Waals surface area (Å²) in [5, 5.41) is 0.945. The van der Waals surface area contributed by atoms with Crippen LogP contribution in [-0.2, 0) is 0 Å². The zero-order valence-corrected chi connectivity index (χ0v) is 12.6. The number of anilines is 1. The largest absolute Gasteiger partial charge is 0.399 e. The summed E-state index contributed by atoms with van der Waals surface area (Å²) in [5.74, 6) is 1.10. The number of benzene rings is 1. The van der Waals surface area contributed by atoms with Crippen LogP contribution in [0.3, 0.4) is 0 Å². The summed E-state index contributed by atoms with van der Waals surface area (Å²) in [6.07, 6.45) is 1.79. The molecule has 0 bridgehead atoms. The molecule has 4 nitrogen and oxygen atoms in total. The van der Waals surface area contributed by atoms with Gasteiger partial charge in [0.2, 0.25) is 0 Å². The van der Waals surface area contributed by atoms with Crippen molar-refractivity contribution in [3.8, 4) is 0 Å². The minimum Gasteiger partial charge on any atom is -0.399 e. The summed E-state index contributed by atoms with van der Waals surface area (Å²) in [6, 6.07) is 5.61. The van der Waals surface area contributed by atoms with E-state index >= 15 is 0 Å². The van der Waals surface area contributed by atoms with E-state index in [0.717, 1.165) is 35.3 Å². The molecule has 0 aliphatic carbocycles. The molecule has 2 aromatic rings. The minimum atomic E-state index is 0.106. The molecule has 1 fully saturated rings. The molecule has 1 aliphatic heterocycles. The predicted molar refractivity (Wildman–Crippen MR) is 85.2 cm³/mol. The monoisotopic (exact) mass is 289 g/mol. The van der Waals surface area contributed by atoms with E-state index in [9.17, 15) is 4.79 Å². The normalized spacial score (nSPS) is 18.4. The first-order chi connectivity index (χ1) is 9.46. The number of aromatic nitrogens is 1. The Balaban J connectivity index is 1.92. The molecule has 1 amide bonds. The fourth-order valence-electron chi connectivity index (χ4n) is 2.68. The lowest BCUT2D eigenvalue weighted by Gasteiger charge is -2.37. The number of H-pyrrole nitrogens is 1. The highest BCUT2D eigenvalue weighted by Crippen LogP contribution is 2.31. The van der Waals surface area contributed by atoms with Gasteiger partial charge in [-0.2, -0.15) is 11.8 Å². The molecule has 1 aromatic heterocycles. The topological polar surface area (TPSA) is 62.1 Å². The van der Waals surface area contributed by atoms with Crippen molar-refractivity contribution in [3.63, 3.8) is 0 Å². The molecular weight excluding hydrogens is 270 g/mol. The van der Waals surface area contributed by atoms with Crippen LogP contribution in [0.2, 0.25) is 0 Å². The number of carbonyl (C=O) groups is 1. The second-order valence-electron chi connectivity index (χ2n) is 5.84. The van der Waals surface area contributed by atoms with Crippen molar-refractivity contribution < 1.29 is 4.79 Å². The quantitative estimate of drug-likeness (QED) is 0.793. The number of nitrogens with two attached hydrogens (primary N) is 1. The SMILES string of the molecule is CC1(C)CN(C(=O)c2c[nH]c3cc(N)ccc23)CCS1. The molecule has 1 aromatic carbocycles. The molecule has 1 saturated heterocycles. The van der Waals surface area contributed by atoms with Crippen LogP contribution >= 0.6 is 11.8 Å². The number of nitrogens with one attached hydrogen (secondary N) is 1. The number of aromatic amines is 1. The van der Waals surface area contributed by atoms with Crippen molar-refractivity contribution in [1.29, 1.82) is 0 Å². The lowest BCUT2D eigenvalue weighted by molar-refractivity contribution is 0.0750. The van der Waals surface area contributed by atoms with Gasteiger partial charge in [0.25, 0.3) is 5.91 Å². The molecular formula is C15H19N3OS. The maximum atomic E-state index is 12.7. The van der Waals surface area contributed by atoms with E-state index < -0.39 is 0 Å². The Morgan fingerprint density at radius 2 is 2.25 bits per heavy atom. The van der Waals surface area contributed by atoms with Crippen LogP contribution in [-0.4, -0.2) is 39.4 Å². The van der Waals surface area contributed by atoms with Crippen molar-refractivity contribution in [2.45, 2.75) is 18.6 Å². The molecule has 2 heterocycles. The van der Waals surface area contributed by atoms with Crippen molar-refractivity contribution in [1.82, 2.24) is 9.88 Å². The number of nitrogens with zero attached hydrogens (tertiary/aromatic N) is 1. The highest BCUT2D eigenvalue weighted by atomic mass is 32.2. The van der Waals surface area contributed by atoms with Gasteiger partial charge in [-0.25, -0.2) is 0 Å². The lowest BCUT2D eigenvalue weighted by Crippen LogP contribution is -2.46. The molecule has 0 atom stereocenters. The third-order valence-electron chi connectivity index (χ3n) is 3.65. The van der Waals surface area contributed by atoms with Gasteiger partial charge in [0.1, 0.15) is 0 Å². The smallest absolute Gasteiger partial charge is 0.256 e. The maximum absolute atomic E-state index is 12.7. The zero-order chi connectivity index (χ0) is 14.3. The van der Waals surface area contributed by atoms with Gasteiger partial charge < -0.3 is 15.6 Å². The number of amides is 1. The molecule has 0 spiro atoms. The first-order valence-electron chi connectivity index (χ1n) is 6.76. The van der Waals surface area contributed by atoms with Crippen LogP contribution in [0.25, 0.3) is 10.9 Å². The molecule has 0 radical (unpaired) electrons. The van der Waals surface area contributed by atoms with Gasteiger partial charge in [-0.15, -0.1) is 0 Å². The summed E-state index contributed by atoms with van der Waals surface area (Å²) in [4.78, 5) is 17.8. The van der Waals surface area contributed by atoms with E-state index in [1.165, 1.54) is 0 Å². The third kappa shape index (κ3) is 2.38. The van der Waals surface area contributed by atoms with Crippen molar-refractivity contribution >= 4 is 34.3 Å². The molecule has 3 rings (SSSR count). The number of fused-ring (bicyclic) bond motifs is 1. The van der Waals surface area contributed by atoms with Crippen LogP contribution in [0, 0.1) is 0 Å². The molecule has 0 unspecified atom stereocenters. The Hall–Kier alpha value is -1.62. The van der Waals surface area contributed by atoms with Gasteiger partial charge >= 0.3 is 0 Å². The predicted octanol–water partition coefficient (Wildman–Crippen LogP) is 2.72. The molecule has 1 aliphatic rings. The van der Waals surface area contributed by atoms with E-state index in [-0.39, 0.29) is 10.7 Å². The maximum Gasteiger partial charge on any atom is 0.256 e. The van der Waals surface area contributed by atoms with Crippen molar-refractivity contribution in [2.24, 2.45) is 0 Å². The van der Waals surface area contributed by atoms with Crippen LogP contribution in [0.4, 0.5) is 5.69 Å². The summed E-state index contributed by atoms with van der Waals surface area (Å²) < 4.78 is 0.129. The molecule has 106 valence electrons. The van der Waals surface area contributed by atoms with Gasteiger partial charge in [-0.1, -0.05) is 0 Å². The first-order valence-corrected chi connectivity index (χ1v) is 7.75. The van der Waals surface area contributed by atoms with Crippen LogP contribution in [0.5, 0.6) is 0 Å². The van der Waals surface area contributed by atoms with Crippen LogP contribution < -0.4 is 5.73 Å². The number of nitrogen functional groups attached to an aromatic ring is 1. The molecule has 3 N–H and O–H groups in total. The fourth-order valence-corrected chi connectivity index (χ4v) is 3.79. The Morgan fingerprint density at radius 3 is 3.00 bits per heavy atom. The van der Waals surface area contributed by atoms with Crippen LogP contribution in [0.1, 0.15) is 24.2 Å². The van der Waals surface area contributed by atoms with Gasteiger partial charge in [0.15, 0.2) is 0 Å². The highest BCUT2D eigenvalue weighted by Gasteiger charge is 2.30. The van der Waals surface area contributed by atoms with Gasteiger partial charge in [0, 0.05) is 46.4 Å². The van der Waals surface area contributed by atoms with E-state index in [1.807, 2.05) is 34.9 Å². The van der Waals surface area contributed by atoms with E-state index in [4.69, 9.17) is 5.73 Å². The molecule has 20 heavy (non-hydrogen) atoms. The number of hydrogen-bond acceptors (Lipinski definition) is 3. The number of hydrogen-bond donors (Lipinski definition) is 2. The summed E-state index contributed by atoms with van der Waals surface area (Å²) in [7, 11) is 0. The Morgan fingerprint density at radius 1 is 1.45 bits per heavy atom. The minimum absolute atomic E-state index is 0.106. The molecule has 0 saturated carbocycles. The summed E-state index contributed by atoms with van der Waals surface area (Å²) in [5.41, 5.74) is 8.13. The Labute approximate surface area is 122 Å². The second kappa shape index (κ2) is 4.74. The van der Waals surface area contributed by atoms with E-state index in [0.29, 0.717) is 5.69 Å². The second-order valence-corrected chi connectivity index (χ2v) is 7.64. The van der Waals surface area contributed by atoms with Gasteiger partial charge in [-0.05, 0) is 32.0 Å². The van der Waals surface area contributed by atoms with Crippen molar-refractivity contribution in [2.75, 3.05) is 24.6 Å². The van der Waals surface area contributed by atoms with E-state index in [2.05, 4.69) is 18.8 Å². The first kappa shape index (κ1) is 13.4.